The highest BCUT2D eigenvalue weighted by molar-refractivity contribution is 6.32. The fourth-order valence-electron chi connectivity index (χ4n) is 1.46. The Labute approximate surface area is 105 Å². The minimum absolute atomic E-state index is 0.285. The van der Waals surface area contributed by atoms with Gasteiger partial charge in [-0.25, -0.2) is 9.97 Å². The quantitative estimate of drug-likeness (QED) is 0.820. The normalized spacial score (nSPS) is 10.2. The summed E-state index contributed by atoms with van der Waals surface area (Å²) in [4.78, 5) is 8.20. The van der Waals surface area contributed by atoms with Gasteiger partial charge >= 0.3 is 0 Å². The zero-order valence-electron chi connectivity index (χ0n) is 9.44. The number of nitrogens with zero attached hydrogens (tertiary/aromatic N) is 2. The molecule has 2 rings (SSSR count). The lowest BCUT2D eigenvalue weighted by Gasteiger charge is -2.09. The van der Waals surface area contributed by atoms with Crippen molar-refractivity contribution in [1.82, 2.24) is 9.97 Å². The molecular weight excluding hydrogens is 236 g/mol. The predicted molar refractivity (Wildman–Crippen MR) is 70.0 cm³/mol. The van der Waals surface area contributed by atoms with E-state index in [9.17, 15) is 0 Å². The van der Waals surface area contributed by atoms with Crippen LogP contribution >= 0.6 is 11.6 Å². The number of aryl methyl sites for hydroxylation is 1. The second-order valence-electron chi connectivity index (χ2n) is 3.66. The highest BCUT2D eigenvalue weighted by atomic mass is 35.5. The van der Waals surface area contributed by atoms with Gasteiger partial charge in [0.2, 0.25) is 0 Å². The van der Waals surface area contributed by atoms with Gasteiger partial charge in [0.15, 0.2) is 11.0 Å². The van der Waals surface area contributed by atoms with E-state index in [2.05, 4.69) is 15.3 Å². The molecule has 88 valence electrons. The van der Waals surface area contributed by atoms with Gasteiger partial charge < -0.3 is 11.1 Å². The van der Waals surface area contributed by atoms with Gasteiger partial charge in [0.05, 0.1) is 0 Å². The molecule has 0 bridgehead atoms. The first kappa shape index (κ1) is 11.7. The van der Waals surface area contributed by atoms with Crippen LogP contribution in [0.4, 0.5) is 11.5 Å². The number of rotatable bonds is 3. The van der Waals surface area contributed by atoms with Crippen molar-refractivity contribution in [3.63, 3.8) is 0 Å². The highest BCUT2D eigenvalue weighted by Gasteiger charge is 2.07. The topological polar surface area (TPSA) is 63.8 Å². The second kappa shape index (κ2) is 5.01. The third-order valence-corrected chi connectivity index (χ3v) is 2.60. The molecule has 0 aliphatic carbocycles. The van der Waals surface area contributed by atoms with Crippen molar-refractivity contribution in [3.05, 3.63) is 46.9 Å². The Balaban J connectivity index is 2.14. The minimum atomic E-state index is 0.285. The summed E-state index contributed by atoms with van der Waals surface area (Å²) in [5.41, 5.74) is 7.33. The maximum atomic E-state index is 5.88. The average Bonchev–Trinajstić information content (AvgIpc) is 2.33. The van der Waals surface area contributed by atoms with Crippen LogP contribution < -0.4 is 11.1 Å². The number of aromatic nitrogens is 2. The number of nitrogen functional groups attached to an aromatic ring is 1. The first-order chi connectivity index (χ1) is 8.16. The van der Waals surface area contributed by atoms with E-state index in [-0.39, 0.29) is 5.15 Å². The molecule has 4 nitrogen and oxygen atoms in total. The van der Waals surface area contributed by atoms with Crippen LogP contribution in [0.5, 0.6) is 0 Å². The third kappa shape index (κ3) is 2.85. The zero-order valence-corrected chi connectivity index (χ0v) is 10.2. The molecule has 0 spiro atoms. The molecule has 1 aromatic carbocycles. The SMILES string of the molecule is Cc1nc(Cl)c(N)c(NCc2ccccc2)n1. The monoisotopic (exact) mass is 248 g/mol. The Bertz CT molecular complexity index is 513. The maximum Gasteiger partial charge on any atom is 0.157 e. The second-order valence-corrected chi connectivity index (χ2v) is 4.02. The largest absolute Gasteiger partial charge is 0.393 e. The van der Waals surface area contributed by atoms with Crippen LogP contribution in [-0.4, -0.2) is 9.97 Å². The molecule has 0 radical (unpaired) electrons. The number of anilines is 2. The first-order valence-electron chi connectivity index (χ1n) is 5.24. The van der Waals surface area contributed by atoms with Crippen LogP contribution in [0.15, 0.2) is 30.3 Å². The van der Waals surface area contributed by atoms with Gasteiger partial charge in [-0.05, 0) is 12.5 Å². The number of nitrogens with one attached hydrogen (secondary N) is 1. The van der Waals surface area contributed by atoms with Crippen molar-refractivity contribution in [1.29, 1.82) is 0 Å². The van der Waals surface area contributed by atoms with Gasteiger partial charge in [0.25, 0.3) is 0 Å². The smallest absolute Gasteiger partial charge is 0.157 e. The zero-order chi connectivity index (χ0) is 12.3. The van der Waals surface area contributed by atoms with E-state index in [1.165, 1.54) is 0 Å². The van der Waals surface area contributed by atoms with Gasteiger partial charge in [0, 0.05) is 6.54 Å². The molecule has 2 aromatic rings. The Hall–Kier alpha value is -1.81. The van der Waals surface area contributed by atoms with Gasteiger partial charge in [-0.3, -0.25) is 0 Å². The first-order valence-corrected chi connectivity index (χ1v) is 5.62. The molecule has 0 saturated carbocycles. The van der Waals surface area contributed by atoms with Crippen molar-refractivity contribution in [2.24, 2.45) is 0 Å². The molecule has 0 atom stereocenters. The lowest BCUT2D eigenvalue weighted by Crippen LogP contribution is -2.07. The molecular formula is C12H13ClN4. The number of halogens is 1. The van der Waals surface area contributed by atoms with Crippen molar-refractivity contribution < 1.29 is 0 Å². The summed E-state index contributed by atoms with van der Waals surface area (Å²) in [7, 11) is 0. The van der Waals surface area contributed by atoms with Gasteiger partial charge in [0.1, 0.15) is 11.5 Å². The molecule has 5 heteroatoms. The summed E-state index contributed by atoms with van der Waals surface area (Å²) < 4.78 is 0. The summed E-state index contributed by atoms with van der Waals surface area (Å²) in [6, 6.07) is 10.00. The lowest BCUT2D eigenvalue weighted by atomic mass is 10.2. The van der Waals surface area contributed by atoms with E-state index in [0.717, 1.165) is 5.56 Å². The summed E-state index contributed by atoms with van der Waals surface area (Å²) in [5.74, 6) is 1.17. The van der Waals surface area contributed by atoms with Crippen LogP contribution in [0.25, 0.3) is 0 Å². The Morgan fingerprint density at radius 2 is 1.94 bits per heavy atom. The van der Waals surface area contributed by atoms with E-state index in [1.54, 1.807) is 6.92 Å². The molecule has 1 heterocycles. The molecule has 0 saturated heterocycles. The Morgan fingerprint density at radius 3 is 2.65 bits per heavy atom. The average molecular weight is 249 g/mol. The standard InChI is InChI=1S/C12H13ClN4/c1-8-16-11(13)10(14)12(17-8)15-7-9-5-3-2-4-6-9/h2-6H,7,14H2,1H3,(H,15,16,17). The fraction of sp³-hybridized carbons (Fsp3) is 0.167. The van der Waals surface area contributed by atoms with Gasteiger partial charge in [-0.2, -0.15) is 0 Å². The van der Waals surface area contributed by atoms with Gasteiger partial charge in [-0.15, -0.1) is 0 Å². The molecule has 0 amide bonds. The van der Waals surface area contributed by atoms with Crippen LogP contribution in [-0.2, 0) is 6.54 Å². The highest BCUT2D eigenvalue weighted by Crippen LogP contribution is 2.23. The molecule has 17 heavy (non-hydrogen) atoms. The van der Waals surface area contributed by atoms with Crippen LogP contribution in [0, 0.1) is 6.92 Å². The molecule has 3 N–H and O–H groups in total. The van der Waals surface area contributed by atoms with E-state index in [0.29, 0.717) is 23.9 Å². The molecule has 1 aromatic heterocycles. The minimum Gasteiger partial charge on any atom is -0.393 e. The van der Waals surface area contributed by atoms with Crippen LogP contribution in [0.1, 0.15) is 11.4 Å². The molecule has 0 fully saturated rings. The number of hydrogen-bond acceptors (Lipinski definition) is 4. The van der Waals surface area contributed by atoms with Crippen molar-refractivity contribution in [2.75, 3.05) is 11.1 Å². The number of hydrogen-bond donors (Lipinski definition) is 2. The van der Waals surface area contributed by atoms with E-state index < -0.39 is 0 Å². The van der Waals surface area contributed by atoms with E-state index >= 15 is 0 Å². The number of benzene rings is 1. The van der Waals surface area contributed by atoms with E-state index in [4.69, 9.17) is 17.3 Å². The van der Waals surface area contributed by atoms with Crippen LogP contribution in [0.2, 0.25) is 5.15 Å². The summed E-state index contributed by atoms with van der Waals surface area (Å²) in [5, 5.41) is 3.44. The summed E-state index contributed by atoms with van der Waals surface area (Å²) >= 11 is 5.88. The van der Waals surface area contributed by atoms with E-state index in [1.807, 2.05) is 30.3 Å². The van der Waals surface area contributed by atoms with Crippen LogP contribution in [0.3, 0.4) is 0 Å². The molecule has 0 unspecified atom stereocenters. The molecule has 0 aliphatic heterocycles. The maximum absolute atomic E-state index is 5.88. The Morgan fingerprint density at radius 1 is 1.24 bits per heavy atom. The Kier molecular flexibility index (Phi) is 3.44. The predicted octanol–water partition coefficient (Wildman–Crippen LogP) is 2.63. The summed E-state index contributed by atoms with van der Waals surface area (Å²) in [6.45, 7) is 2.43. The van der Waals surface area contributed by atoms with Crippen molar-refractivity contribution in [2.45, 2.75) is 13.5 Å². The number of nitrogens with two attached hydrogens (primary N) is 1. The van der Waals surface area contributed by atoms with Gasteiger partial charge in [-0.1, -0.05) is 41.9 Å². The molecule has 0 aliphatic rings. The van der Waals surface area contributed by atoms with Crippen molar-refractivity contribution >= 4 is 23.1 Å². The lowest BCUT2D eigenvalue weighted by molar-refractivity contribution is 1.03. The third-order valence-electron chi connectivity index (χ3n) is 2.31. The van der Waals surface area contributed by atoms with Crippen molar-refractivity contribution in [3.8, 4) is 0 Å². The summed E-state index contributed by atoms with van der Waals surface area (Å²) in [6.07, 6.45) is 0. The fourth-order valence-corrected chi connectivity index (χ4v) is 1.68.